The van der Waals surface area contributed by atoms with E-state index < -0.39 is 18.0 Å². The number of halogens is 2. The summed E-state index contributed by atoms with van der Waals surface area (Å²) in [6.45, 7) is 3.43. The Balaban J connectivity index is 0.00000408. The van der Waals surface area contributed by atoms with E-state index in [4.69, 9.17) is 4.74 Å². The van der Waals surface area contributed by atoms with Crippen LogP contribution in [0.5, 0.6) is 11.8 Å². The number of rotatable bonds is 6. The molecular weight excluding hydrogens is 528 g/mol. The van der Waals surface area contributed by atoms with E-state index in [0.717, 1.165) is 10.0 Å². The van der Waals surface area contributed by atoms with Gasteiger partial charge in [-0.15, -0.1) is 0 Å². The molecule has 0 aliphatic heterocycles. The zero-order valence-electron chi connectivity index (χ0n) is 18.3. The predicted octanol–water partition coefficient (Wildman–Crippen LogP) is -0.125. The minimum absolute atomic E-state index is 0. The summed E-state index contributed by atoms with van der Waals surface area (Å²) in [6, 6.07) is 10.3. The number of anilines is 2. The lowest BCUT2D eigenvalue weighted by Crippen LogP contribution is -3.00. The topological polar surface area (TPSA) is 150 Å². The maximum Gasteiger partial charge on any atom is 0.326 e. The molecule has 1 aromatic heterocycles. The summed E-state index contributed by atoms with van der Waals surface area (Å²) in [5.41, 5.74) is 5.26. The highest BCUT2D eigenvalue weighted by atomic mass is 79.9. The van der Waals surface area contributed by atoms with Gasteiger partial charge in [0, 0.05) is 18.1 Å². The van der Waals surface area contributed by atoms with Crippen LogP contribution in [0.15, 0.2) is 59.3 Å². The normalized spacial score (nSPS) is 10.9. The molecule has 0 aliphatic rings. The summed E-state index contributed by atoms with van der Waals surface area (Å²) in [6.07, 6.45) is 3.14. The lowest BCUT2D eigenvalue weighted by molar-refractivity contribution is -0.396. The van der Waals surface area contributed by atoms with Crippen LogP contribution in [0, 0.1) is 6.92 Å². The molecule has 0 unspecified atom stereocenters. The van der Waals surface area contributed by atoms with E-state index in [1.54, 1.807) is 62.6 Å². The summed E-state index contributed by atoms with van der Waals surface area (Å²) in [5, 5.41) is 7.48. The van der Waals surface area contributed by atoms with Gasteiger partial charge in [-0.1, -0.05) is 12.1 Å². The monoisotopic (exact) mass is 548 g/mol. The molecule has 4 amide bonds. The van der Waals surface area contributed by atoms with Gasteiger partial charge in [-0.25, -0.2) is 14.8 Å². The summed E-state index contributed by atoms with van der Waals surface area (Å²) in [5.74, 6) is -0.487. The smallest absolute Gasteiger partial charge is 0.326 e. The number of nitrogens with zero attached hydrogens (tertiary/aromatic N) is 2. The Labute approximate surface area is 210 Å². The quantitative estimate of drug-likeness (QED) is 0.337. The first kappa shape index (κ1) is 26.7. The molecule has 0 fully saturated rings. The van der Waals surface area contributed by atoms with Crippen LogP contribution in [0.2, 0.25) is 0 Å². The van der Waals surface area contributed by atoms with Gasteiger partial charge < -0.3 is 33.5 Å². The van der Waals surface area contributed by atoms with E-state index in [9.17, 15) is 14.4 Å². The molecule has 34 heavy (non-hydrogen) atoms. The van der Waals surface area contributed by atoms with Crippen LogP contribution < -0.4 is 38.8 Å². The van der Waals surface area contributed by atoms with E-state index >= 15 is 0 Å². The molecule has 12 heteroatoms. The average Bonchev–Trinajstić information content (AvgIpc) is 2.77. The number of carbonyl (C=O) groups is 3. The number of quaternary nitrogens is 1. The molecule has 0 saturated carbocycles. The van der Waals surface area contributed by atoms with E-state index in [1.165, 1.54) is 6.07 Å². The number of carbonyl (C=O) groups excluding carboxylic acids is 3. The van der Waals surface area contributed by atoms with E-state index in [-0.39, 0.29) is 35.6 Å². The van der Waals surface area contributed by atoms with Crippen molar-refractivity contribution >= 4 is 45.2 Å². The minimum Gasteiger partial charge on any atom is -1.00 e. The molecule has 0 spiro atoms. The predicted molar refractivity (Wildman–Crippen MR) is 125 cm³/mol. The van der Waals surface area contributed by atoms with E-state index in [0.29, 0.717) is 11.4 Å². The summed E-state index contributed by atoms with van der Waals surface area (Å²) < 4.78 is 6.37. The lowest BCUT2D eigenvalue weighted by Gasteiger charge is -2.13. The fraction of sp³-hybridized carbons (Fsp3) is 0.136. The van der Waals surface area contributed by atoms with Crippen molar-refractivity contribution in [3.63, 3.8) is 0 Å². The van der Waals surface area contributed by atoms with Gasteiger partial charge in [0.2, 0.25) is 0 Å². The maximum atomic E-state index is 12.6. The van der Waals surface area contributed by atoms with E-state index in [2.05, 4.69) is 47.6 Å². The molecule has 1 heterocycles. The molecule has 0 saturated heterocycles. The van der Waals surface area contributed by atoms with Crippen molar-refractivity contribution in [1.82, 2.24) is 15.3 Å². The van der Waals surface area contributed by atoms with Gasteiger partial charge in [0.25, 0.3) is 11.8 Å². The van der Waals surface area contributed by atoms with Crippen molar-refractivity contribution in [3.05, 3.63) is 70.5 Å². The maximum absolute atomic E-state index is 12.6. The van der Waals surface area contributed by atoms with Crippen LogP contribution in [-0.2, 0) is 4.79 Å². The zero-order chi connectivity index (χ0) is 24.0. The number of imide groups is 1. The van der Waals surface area contributed by atoms with Gasteiger partial charge in [0.1, 0.15) is 5.75 Å². The summed E-state index contributed by atoms with van der Waals surface area (Å²) in [4.78, 5) is 45.0. The Bertz CT molecular complexity index is 1190. The van der Waals surface area contributed by atoms with Gasteiger partial charge >= 0.3 is 12.0 Å². The third-order valence-corrected chi connectivity index (χ3v) is 4.74. The Morgan fingerprint density at radius 2 is 1.74 bits per heavy atom. The number of para-hydroxylation sites is 1. The Morgan fingerprint density at radius 1 is 1.06 bits per heavy atom. The average molecular weight is 550 g/mol. The highest BCUT2D eigenvalue weighted by Gasteiger charge is 2.18. The number of nitrogens with one attached hydrogen (secondary N) is 3. The molecule has 0 aliphatic carbocycles. The number of hydrogen-bond acceptors (Lipinski definition) is 6. The Kier molecular flexibility index (Phi) is 9.48. The van der Waals surface area contributed by atoms with Crippen LogP contribution >= 0.6 is 15.9 Å². The second kappa shape index (κ2) is 12.1. The number of amides is 4. The number of ether oxygens (including phenoxy) is 1. The number of aryl methyl sites for hydroxylation is 1. The highest BCUT2D eigenvalue weighted by Crippen LogP contribution is 2.25. The number of hydrogen-bond donors (Lipinski definition) is 4. The van der Waals surface area contributed by atoms with Crippen LogP contribution in [0.4, 0.5) is 16.2 Å². The van der Waals surface area contributed by atoms with Crippen molar-refractivity contribution in [2.45, 2.75) is 19.9 Å². The van der Waals surface area contributed by atoms with Crippen LogP contribution in [0.1, 0.15) is 22.8 Å². The minimum atomic E-state index is -0.726. The second-order valence-electron chi connectivity index (χ2n) is 7.11. The highest BCUT2D eigenvalue weighted by molar-refractivity contribution is 9.10. The number of benzene rings is 2. The van der Waals surface area contributed by atoms with Crippen LogP contribution in [0.25, 0.3) is 0 Å². The van der Waals surface area contributed by atoms with Gasteiger partial charge in [0.15, 0.2) is 6.04 Å². The molecule has 3 aromatic rings. The zero-order valence-corrected chi connectivity index (χ0v) is 20.6. The van der Waals surface area contributed by atoms with Gasteiger partial charge in [0.05, 0.1) is 15.7 Å². The molecule has 10 nitrogen and oxygen atoms in total. The molecule has 178 valence electrons. The molecule has 1 atom stereocenters. The number of urea groups is 1. The second-order valence-corrected chi connectivity index (χ2v) is 8.03. The third kappa shape index (κ3) is 7.24. The Hall–Kier alpha value is -3.54. The molecule has 0 radical (unpaired) electrons. The first-order valence-electron chi connectivity index (χ1n) is 9.84. The lowest BCUT2D eigenvalue weighted by atomic mass is 10.1. The fourth-order valence-electron chi connectivity index (χ4n) is 2.67. The SMILES string of the molecule is Cc1cc(NC(=O)NC(=O)c2ccccc2NC(=O)[C@H](C)[NH3+])ccc1Oc1ncc(Br)cn1.[Cl-]. The first-order chi connectivity index (χ1) is 15.7. The molecule has 0 bridgehead atoms. The first-order valence-corrected chi connectivity index (χ1v) is 10.6. The summed E-state index contributed by atoms with van der Waals surface area (Å²) >= 11 is 3.26. The van der Waals surface area contributed by atoms with Gasteiger partial charge in [-0.05, 0) is 65.7 Å². The Morgan fingerprint density at radius 3 is 2.38 bits per heavy atom. The van der Waals surface area contributed by atoms with E-state index in [1.807, 2.05) is 0 Å². The fourth-order valence-corrected chi connectivity index (χ4v) is 2.88. The molecule has 3 rings (SSSR count). The molecule has 6 N–H and O–H groups in total. The van der Waals surface area contributed by atoms with Crippen molar-refractivity contribution in [2.75, 3.05) is 10.6 Å². The van der Waals surface area contributed by atoms with Crippen molar-refractivity contribution in [2.24, 2.45) is 0 Å². The van der Waals surface area contributed by atoms with Crippen LogP contribution in [-0.4, -0.2) is 33.9 Å². The van der Waals surface area contributed by atoms with Gasteiger partial charge in [-0.3, -0.25) is 14.9 Å². The molecule has 2 aromatic carbocycles. The van der Waals surface area contributed by atoms with Crippen molar-refractivity contribution < 1.29 is 37.3 Å². The molecular formula is C22H22BrClN6O4. The van der Waals surface area contributed by atoms with Crippen molar-refractivity contribution in [3.8, 4) is 11.8 Å². The number of aromatic nitrogens is 2. The van der Waals surface area contributed by atoms with Gasteiger partial charge in [-0.2, -0.15) is 0 Å². The van der Waals surface area contributed by atoms with Crippen LogP contribution in [0.3, 0.4) is 0 Å². The van der Waals surface area contributed by atoms with Crippen molar-refractivity contribution in [1.29, 1.82) is 0 Å². The standard InChI is InChI=1S/C22H21BrN6O4.ClH/c1-12-9-15(7-8-18(12)33-22-25-10-14(23)11-26-22)27-21(32)29-20(31)16-5-3-4-6-17(16)28-19(30)13(2)24;/h3-11,13H,24H2,1-2H3,(H,28,30)(H2,27,29,31,32);1H/t13-;/m0./s1. The summed E-state index contributed by atoms with van der Waals surface area (Å²) in [7, 11) is 0. The largest absolute Gasteiger partial charge is 1.00 e. The third-order valence-electron chi connectivity index (χ3n) is 4.33.